The summed E-state index contributed by atoms with van der Waals surface area (Å²) in [5.41, 5.74) is 4.00. The molecule has 0 bridgehead atoms. The third-order valence-corrected chi connectivity index (χ3v) is 4.78. The number of halogens is 1. The number of benzene rings is 2. The molecule has 1 heterocycles. The second-order valence-electron chi connectivity index (χ2n) is 5.81. The second-order valence-corrected chi connectivity index (χ2v) is 6.66. The van der Waals surface area contributed by atoms with Crippen molar-refractivity contribution in [3.63, 3.8) is 0 Å². The van der Waals surface area contributed by atoms with Gasteiger partial charge in [-0.1, -0.05) is 12.1 Å². The van der Waals surface area contributed by atoms with Gasteiger partial charge in [0, 0.05) is 22.1 Å². The summed E-state index contributed by atoms with van der Waals surface area (Å²) >= 11 is 3.36. The molecular weight excluding hydrogens is 368 g/mol. The molecule has 2 aromatic carbocycles. The van der Waals surface area contributed by atoms with Crippen molar-refractivity contribution >= 4 is 32.7 Å². The van der Waals surface area contributed by atoms with Gasteiger partial charge >= 0.3 is 0 Å². The highest BCUT2D eigenvalue weighted by molar-refractivity contribution is 9.10. The Bertz CT molecular complexity index is 992. The van der Waals surface area contributed by atoms with E-state index in [0.717, 1.165) is 26.5 Å². The number of rotatable bonds is 3. The van der Waals surface area contributed by atoms with Crippen molar-refractivity contribution in [3.8, 4) is 0 Å². The molecule has 5 heteroatoms. The topological polar surface area (TPSA) is 62.0 Å². The maximum Gasteiger partial charge on any atom is 0.253 e. The minimum Gasteiger partial charge on any atom is -0.348 e. The van der Waals surface area contributed by atoms with Crippen LogP contribution in [0, 0.1) is 13.8 Å². The SMILES string of the molecule is Cc1cc2cc(CNC(=O)c3ccccc3Br)c(=O)[nH]c2cc1C. The zero-order valence-electron chi connectivity index (χ0n) is 13.4. The van der Waals surface area contributed by atoms with Crippen molar-refractivity contribution in [1.29, 1.82) is 0 Å². The minimum atomic E-state index is -0.220. The Morgan fingerprint density at radius 1 is 1.12 bits per heavy atom. The quantitative estimate of drug-likeness (QED) is 0.720. The predicted molar refractivity (Wildman–Crippen MR) is 99.4 cm³/mol. The van der Waals surface area contributed by atoms with Crippen molar-refractivity contribution < 1.29 is 4.79 Å². The van der Waals surface area contributed by atoms with E-state index in [1.54, 1.807) is 12.1 Å². The molecule has 2 N–H and O–H groups in total. The van der Waals surface area contributed by atoms with Gasteiger partial charge in [-0.15, -0.1) is 0 Å². The van der Waals surface area contributed by atoms with Crippen LogP contribution in [-0.4, -0.2) is 10.9 Å². The van der Waals surface area contributed by atoms with Crippen LogP contribution in [0.5, 0.6) is 0 Å². The number of hydrogen-bond acceptors (Lipinski definition) is 2. The van der Waals surface area contributed by atoms with Gasteiger partial charge in [0.15, 0.2) is 0 Å². The fourth-order valence-electron chi connectivity index (χ4n) is 2.57. The molecule has 3 rings (SSSR count). The van der Waals surface area contributed by atoms with E-state index in [-0.39, 0.29) is 18.0 Å². The number of H-pyrrole nitrogens is 1. The molecule has 0 aliphatic carbocycles. The average molecular weight is 385 g/mol. The Morgan fingerprint density at radius 3 is 2.58 bits per heavy atom. The van der Waals surface area contributed by atoms with E-state index in [1.807, 2.05) is 44.2 Å². The van der Waals surface area contributed by atoms with Crippen LogP contribution in [0.15, 0.2) is 51.7 Å². The molecule has 122 valence electrons. The molecule has 0 saturated heterocycles. The average Bonchev–Trinajstić information content (AvgIpc) is 2.55. The van der Waals surface area contributed by atoms with Crippen molar-refractivity contribution in [2.75, 3.05) is 0 Å². The summed E-state index contributed by atoms with van der Waals surface area (Å²) in [5, 5.41) is 3.76. The van der Waals surface area contributed by atoms with E-state index in [4.69, 9.17) is 0 Å². The summed E-state index contributed by atoms with van der Waals surface area (Å²) in [6, 6.07) is 13.0. The molecule has 0 unspecified atom stereocenters. The molecular formula is C19H17BrN2O2. The molecule has 24 heavy (non-hydrogen) atoms. The van der Waals surface area contributed by atoms with E-state index in [0.29, 0.717) is 11.1 Å². The number of aromatic nitrogens is 1. The molecule has 0 atom stereocenters. The van der Waals surface area contributed by atoms with Crippen molar-refractivity contribution in [2.45, 2.75) is 20.4 Å². The summed E-state index contributed by atoms with van der Waals surface area (Å²) in [4.78, 5) is 27.4. The molecule has 3 aromatic rings. The molecule has 0 aliphatic rings. The summed E-state index contributed by atoms with van der Waals surface area (Å²) in [7, 11) is 0. The van der Waals surface area contributed by atoms with E-state index >= 15 is 0 Å². The molecule has 0 spiro atoms. The van der Waals surface area contributed by atoms with Crippen LogP contribution in [0.2, 0.25) is 0 Å². The summed E-state index contributed by atoms with van der Waals surface area (Å²) in [6.07, 6.45) is 0. The third-order valence-electron chi connectivity index (χ3n) is 4.09. The van der Waals surface area contributed by atoms with Crippen LogP contribution in [0.3, 0.4) is 0 Å². The van der Waals surface area contributed by atoms with Crippen molar-refractivity contribution in [3.05, 3.63) is 79.5 Å². The smallest absolute Gasteiger partial charge is 0.253 e. The molecule has 1 aromatic heterocycles. The zero-order chi connectivity index (χ0) is 17.3. The first-order valence-corrected chi connectivity index (χ1v) is 8.41. The zero-order valence-corrected chi connectivity index (χ0v) is 15.0. The summed E-state index contributed by atoms with van der Waals surface area (Å²) in [6.45, 7) is 4.23. The molecule has 0 radical (unpaired) electrons. The van der Waals surface area contributed by atoms with Gasteiger partial charge in [0.25, 0.3) is 11.5 Å². The maximum absolute atomic E-state index is 12.3. The van der Waals surface area contributed by atoms with Crippen LogP contribution >= 0.6 is 15.9 Å². The van der Waals surface area contributed by atoms with Gasteiger partial charge in [-0.3, -0.25) is 9.59 Å². The lowest BCUT2D eigenvalue weighted by molar-refractivity contribution is 0.0950. The van der Waals surface area contributed by atoms with Crippen molar-refractivity contribution in [1.82, 2.24) is 10.3 Å². The number of carbonyl (C=O) groups excluding carboxylic acids is 1. The molecule has 0 saturated carbocycles. The van der Waals surface area contributed by atoms with Crippen LogP contribution < -0.4 is 10.9 Å². The highest BCUT2D eigenvalue weighted by atomic mass is 79.9. The molecule has 4 nitrogen and oxygen atoms in total. The summed E-state index contributed by atoms with van der Waals surface area (Å²) < 4.78 is 0.723. The monoisotopic (exact) mass is 384 g/mol. The van der Waals surface area contributed by atoms with Gasteiger partial charge < -0.3 is 10.3 Å². The van der Waals surface area contributed by atoms with E-state index in [1.165, 1.54) is 0 Å². The van der Waals surface area contributed by atoms with Gasteiger partial charge in [0.1, 0.15) is 0 Å². The molecule has 0 aliphatic heterocycles. The van der Waals surface area contributed by atoms with Crippen LogP contribution in [0.25, 0.3) is 10.9 Å². The standard InChI is InChI=1S/C19H17BrN2O2/c1-11-7-13-9-14(18(23)22-17(13)8-12(11)2)10-21-19(24)15-5-3-4-6-16(15)20/h3-9H,10H2,1-2H3,(H,21,24)(H,22,23). The number of hydrogen-bond donors (Lipinski definition) is 2. The first-order chi connectivity index (χ1) is 11.5. The van der Waals surface area contributed by atoms with Gasteiger partial charge in [-0.2, -0.15) is 0 Å². The number of pyridine rings is 1. The Kier molecular flexibility index (Phi) is 4.53. The molecule has 1 amide bonds. The first-order valence-electron chi connectivity index (χ1n) is 7.61. The lowest BCUT2D eigenvalue weighted by Gasteiger charge is -2.09. The second kappa shape index (κ2) is 6.61. The lowest BCUT2D eigenvalue weighted by Crippen LogP contribution is -2.27. The number of fused-ring (bicyclic) bond motifs is 1. The number of amides is 1. The third kappa shape index (κ3) is 3.26. The normalized spacial score (nSPS) is 10.8. The Labute approximate surface area is 148 Å². The first kappa shape index (κ1) is 16.5. The Morgan fingerprint density at radius 2 is 1.83 bits per heavy atom. The number of carbonyl (C=O) groups is 1. The van der Waals surface area contributed by atoms with Gasteiger partial charge in [0.2, 0.25) is 0 Å². The molecule has 0 fully saturated rings. The lowest BCUT2D eigenvalue weighted by atomic mass is 10.0. The van der Waals surface area contributed by atoms with E-state index in [2.05, 4.69) is 26.2 Å². The summed E-state index contributed by atoms with van der Waals surface area (Å²) in [5.74, 6) is -0.220. The van der Waals surface area contributed by atoms with E-state index in [9.17, 15) is 9.59 Å². The highest BCUT2D eigenvalue weighted by Crippen LogP contribution is 2.18. The van der Waals surface area contributed by atoms with Crippen LogP contribution in [-0.2, 0) is 6.54 Å². The Balaban J connectivity index is 1.86. The van der Waals surface area contributed by atoms with Crippen molar-refractivity contribution in [2.24, 2.45) is 0 Å². The highest BCUT2D eigenvalue weighted by Gasteiger charge is 2.10. The van der Waals surface area contributed by atoms with Crippen LogP contribution in [0.4, 0.5) is 0 Å². The predicted octanol–water partition coefficient (Wildman–Crippen LogP) is 3.84. The Hall–Kier alpha value is -2.40. The number of aryl methyl sites for hydroxylation is 2. The number of nitrogens with one attached hydrogen (secondary N) is 2. The van der Waals surface area contributed by atoms with Gasteiger partial charge in [-0.25, -0.2) is 0 Å². The van der Waals surface area contributed by atoms with Crippen LogP contribution in [0.1, 0.15) is 27.0 Å². The maximum atomic E-state index is 12.3. The largest absolute Gasteiger partial charge is 0.348 e. The fourth-order valence-corrected chi connectivity index (χ4v) is 3.03. The van der Waals surface area contributed by atoms with Gasteiger partial charge in [0.05, 0.1) is 5.56 Å². The fraction of sp³-hybridized carbons (Fsp3) is 0.158. The minimum absolute atomic E-state index is 0.179. The number of aromatic amines is 1. The van der Waals surface area contributed by atoms with Gasteiger partial charge in [-0.05, 0) is 76.6 Å². The van der Waals surface area contributed by atoms with E-state index < -0.39 is 0 Å².